The van der Waals surface area contributed by atoms with Gasteiger partial charge in [-0.25, -0.2) is 4.79 Å². The summed E-state index contributed by atoms with van der Waals surface area (Å²) >= 11 is 0. The van der Waals surface area contributed by atoms with Crippen molar-refractivity contribution in [3.63, 3.8) is 0 Å². The third-order valence-electron chi connectivity index (χ3n) is 7.79. The Balaban J connectivity index is 1.98. The summed E-state index contributed by atoms with van der Waals surface area (Å²) in [5, 5.41) is 23.5. The average Bonchev–Trinajstić information content (AvgIpc) is 3.01. The van der Waals surface area contributed by atoms with Crippen molar-refractivity contribution in [2.24, 2.45) is 0 Å². The lowest BCUT2D eigenvalue weighted by Crippen LogP contribution is -2.58. The van der Waals surface area contributed by atoms with Gasteiger partial charge in [0.2, 0.25) is 0 Å². The molecule has 0 aromatic heterocycles. The molecule has 204 valence electrons. The Labute approximate surface area is 233 Å². The number of aliphatic hydroxyl groups is 1. The van der Waals surface area contributed by atoms with E-state index in [1.54, 1.807) is 11.0 Å². The van der Waals surface area contributed by atoms with Crippen LogP contribution in [-0.4, -0.2) is 35.8 Å². The number of fused-ring (bicyclic) bond motifs is 1. The van der Waals surface area contributed by atoms with E-state index in [-0.39, 0.29) is 11.4 Å². The predicted molar refractivity (Wildman–Crippen MR) is 154 cm³/mol. The molecule has 0 unspecified atom stereocenters. The number of hydrogen-bond acceptors (Lipinski definition) is 6. The molecule has 0 heterocycles. The number of carbonyl (C=O) groups excluding carboxylic acids is 1. The lowest BCUT2D eigenvalue weighted by atomic mass is 9.74. The van der Waals surface area contributed by atoms with E-state index in [4.69, 9.17) is 4.74 Å². The molecule has 40 heavy (non-hydrogen) atoms. The molecule has 0 aliphatic heterocycles. The van der Waals surface area contributed by atoms with Gasteiger partial charge in [-0.3, -0.25) is 10.1 Å². The number of esters is 1. The fourth-order valence-corrected chi connectivity index (χ4v) is 6.03. The molecule has 4 aromatic rings. The van der Waals surface area contributed by atoms with Gasteiger partial charge in [0.15, 0.2) is 6.04 Å². The number of nitro benzene ring substituents is 1. The van der Waals surface area contributed by atoms with Gasteiger partial charge in [-0.05, 0) is 59.6 Å². The Morgan fingerprint density at radius 3 is 1.73 bits per heavy atom. The summed E-state index contributed by atoms with van der Waals surface area (Å²) in [4.78, 5) is 27.5. The maximum absolute atomic E-state index is 13.5. The van der Waals surface area contributed by atoms with Crippen molar-refractivity contribution in [3.05, 3.63) is 141 Å². The molecule has 7 nitrogen and oxygen atoms in total. The molecule has 1 N–H and O–H groups in total. The minimum absolute atomic E-state index is 0.116. The van der Waals surface area contributed by atoms with Crippen molar-refractivity contribution in [1.29, 1.82) is 0 Å². The second-order valence-electron chi connectivity index (χ2n) is 9.97. The molecule has 1 atom stereocenters. The van der Waals surface area contributed by atoms with Crippen LogP contribution in [0.3, 0.4) is 0 Å². The predicted octanol–water partition coefficient (Wildman–Crippen LogP) is 5.81. The van der Waals surface area contributed by atoms with Crippen LogP contribution in [0.4, 0.5) is 11.4 Å². The van der Waals surface area contributed by atoms with Gasteiger partial charge in [-0.15, -0.1) is 0 Å². The van der Waals surface area contributed by atoms with Crippen molar-refractivity contribution in [1.82, 2.24) is 0 Å². The number of methoxy groups -OCH3 is 1. The van der Waals surface area contributed by atoms with Gasteiger partial charge in [0, 0.05) is 6.07 Å². The van der Waals surface area contributed by atoms with Gasteiger partial charge in [0.1, 0.15) is 11.2 Å². The minimum Gasteiger partial charge on any atom is -0.467 e. The topological polar surface area (TPSA) is 92.9 Å². The SMILES string of the molecule is COC(=O)[C@H](CO)N(c1cc2c(cc1[N+](=O)[O-])CCCC2)C(c1ccccc1)(c1ccccc1)c1ccccc1. The third-order valence-corrected chi connectivity index (χ3v) is 7.79. The van der Waals surface area contributed by atoms with Crippen LogP contribution < -0.4 is 4.90 Å². The van der Waals surface area contributed by atoms with E-state index in [9.17, 15) is 20.0 Å². The maximum atomic E-state index is 13.5. The van der Waals surface area contributed by atoms with Crippen LogP contribution in [0.5, 0.6) is 0 Å². The molecule has 0 radical (unpaired) electrons. The van der Waals surface area contributed by atoms with Crippen molar-refractivity contribution < 1.29 is 19.6 Å². The van der Waals surface area contributed by atoms with Gasteiger partial charge < -0.3 is 14.7 Å². The van der Waals surface area contributed by atoms with Crippen LogP contribution in [0.1, 0.15) is 40.7 Å². The Hall–Kier alpha value is -4.49. The van der Waals surface area contributed by atoms with E-state index in [0.717, 1.165) is 53.5 Å². The number of hydrogen-bond donors (Lipinski definition) is 1. The second kappa shape index (κ2) is 11.7. The standard InChI is InChI=1S/C33H32N2O5/c1-40-32(37)31(23-36)34(29-21-24-13-11-12-14-25(24)22-30(29)35(38)39)33(26-15-5-2-6-16-26,27-17-7-3-8-18-27)28-19-9-4-10-20-28/h2-10,15-22,31,36H,11-14,23H2,1H3/t31-/m0/s1. The number of ether oxygens (including phenoxy) is 1. The van der Waals surface area contributed by atoms with E-state index in [2.05, 4.69) is 0 Å². The smallest absolute Gasteiger partial charge is 0.330 e. The zero-order valence-corrected chi connectivity index (χ0v) is 22.4. The number of nitro groups is 1. The third kappa shape index (κ3) is 4.73. The fourth-order valence-electron chi connectivity index (χ4n) is 6.03. The lowest BCUT2D eigenvalue weighted by Gasteiger charge is -2.49. The summed E-state index contributed by atoms with van der Waals surface area (Å²) in [6.45, 7) is -0.616. The quantitative estimate of drug-likeness (QED) is 0.126. The number of benzene rings is 4. The summed E-state index contributed by atoms with van der Waals surface area (Å²) in [6, 6.07) is 31.1. The number of aliphatic hydroxyl groups excluding tert-OH is 1. The highest BCUT2D eigenvalue weighted by molar-refractivity contribution is 5.85. The van der Waals surface area contributed by atoms with Crippen molar-refractivity contribution in [3.8, 4) is 0 Å². The Kier molecular flexibility index (Phi) is 7.94. The van der Waals surface area contributed by atoms with E-state index in [1.807, 2.05) is 97.1 Å². The first-order valence-corrected chi connectivity index (χ1v) is 13.5. The van der Waals surface area contributed by atoms with Crippen LogP contribution in [0, 0.1) is 10.1 Å². The van der Waals surface area contributed by atoms with Gasteiger partial charge >= 0.3 is 5.97 Å². The minimum atomic E-state index is -1.26. The highest BCUT2D eigenvalue weighted by Crippen LogP contribution is 2.49. The maximum Gasteiger partial charge on any atom is 0.330 e. The Bertz CT molecular complexity index is 1380. The van der Waals surface area contributed by atoms with Gasteiger partial charge in [0.05, 0.1) is 18.6 Å². The molecule has 0 fully saturated rings. The normalized spacial score (nSPS) is 13.7. The molecule has 0 bridgehead atoms. The van der Waals surface area contributed by atoms with E-state index in [0.29, 0.717) is 0 Å². The number of aryl methyl sites for hydroxylation is 2. The van der Waals surface area contributed by atoms with Crippen LogP contribution in [-0.2, 0) is 27.9 Å². The molecule has 1 aliphatic rings. The van der Waals surface area contributed by atoms with Crippen LogP contribution in [0.25, 0.3) is 0 Å². The molecule has 0 spiro atoms. The molecule has 0 saturated carbocycles. The van der Waals surface area contributed by atoms with E-state index in [1.165, 1.54) is 7.11 Å². The zero-order chi connectivity index (χ0) is 28.1. The first-order chi connectivity index (χ1) is 19.5. The Morgan fingerprint density at radius 2 is 1.32 bits per heavy atom. The summed E-state index contributed by atoms with van der Waals surface area (Å²) in [6.07, 6.45) is 3.49. The molecule has 1 aliphatic carbocycles. The summed E-state index contributed by atoms with van der Waals surface area (Å²) < 4.78 is 5.21. The van der Waals surface area contributed by atoms with Gasteiger partial charge in [-0.2, -0.15) is 0 Å². The highest BCUT2D eigenvalue weighted by Gasteiger charge is 2.49. The van der Waals surface area contributed by atoms with E-state index >= 15 is 0 Å². The molecular formula is C33H32N2O5. The number of anilines is 1. The summed E-state index contributed by atoms with van der Waals surface area (Å²) in [5.41, 5.74) is 3.19. The monoisotopic (exact) mass is 536 g/mol. The van der Waals surface area contributed by atoms with Gasteiger partial charge in [-0.1, -0.05) is 91.0 Å². The van der Waals surface area contributed by atoms with Crippen LogP contribution in [0.2, 0.25) is 0 Å². The van der Waals surface area contributed by atoms with Crippen molar-refractivity contribution in [2.45, 2.75) is 37.3 Å². The zero-order valence-electron chi connectivity index (χ0n) is 22.4. The van der Waals surface area contributed by atoms with Crippen LogP contribution >= 0.6 is 0 Å². The molecule has 0 saturated heterocycles. The summed E-state index contributed by atoms with van der Waals surface area (Å²) in [7, 11) is 1.26. The summed E-state index contributed by atoms with van der Waals surface area (Å²) in [5.74, 6) is -0.693. The van der Waals surface area contributed by atoms with E-state index < -0.39 is 29.1 Å². The van der Waals surface area contributed by atoms with Crippen LogP contribution in [0.15, 0.2) is 103 Å². The molecule has 0 amide bonds. The fraction of sp³-hybridized carbons (Fsp3) is 0.242. The average molecular weight is 537 g/mol. The number of carbonyl (C=O) groups is 1. The molecule has 5 rings (SSSR count). The molecule has 7 heteroatoms. The van der Waals surface area contributed by atoms with Gasteiger partial charge in [0.25, 0.3) is 5.69 Å². The van der Waals surface area contributed by atoms with Crippen molar-refractivity contribution >= 4 is 17.3 Å². The first-order valence-electron chi connectivity index (χ1n) is 13.5. The second-order valence-corrected chi connectivity index (χ2v) is 9.97. The largest absolute Gasteiger partial charge is 0.467 e. The highest BCUT2D eigenvalue weighted by atomic mass is 16.6. The Morgan fingerprint density at radius 1 is 0.875 bits per heavy atom. The number of rotatable bonds is 9. The molecular weight excluding hydrogens is 504 g/mol. The molecule has 4 aromatic carbocycles. The first kappa shape index (κ1) is 27.1. The lowest BCUT2D eigenvalue weighted by molar-refractivity contribution is -0.384. The number of nitrogens with zero attached hydrogens (tertiary/aromatic N) is 2. The van der Waals surface area contributed by atoms with Crippen molar-refractivity contribution in [2.75, 3.05) is 18.6 Å².